The fraction of sp³-hybridized carbons (Fsp3) is 0.0417. The molecule has 1 heterocycles. The van der Waals surface area contributed by atoms with Gasteiger partial charge in [0.05, 0.1) is 5.56 Å². The number of hydrogen-bond donors (Lipinski definition) is 1. The zero-order valence-corrected chi connectivity index (χ0v) is 16.8. The minimum atomic E-state index is -4.61. The van der Waals surface area contributed by atoms with E-state index in [-0.39, 0.29) is 16.1 Å². The Kier molecular flexibility index (Phi) is 5.52. The number of carbonyl (C=O) groups is 1. The van der Waals surface area contributed by atoms with E-state index in [0.717, 1.165) is 29.8 Å². The number of rotatable bonds is 3. The van der Waals surface area contributed by atoms with Gasteiger partial charge in [0.1, 0.15) is 11.4 Å². The zero-order valence-electron chi connectivity index (χ0n) is 16.1. The van der Waals surface area contributed by atoms with Crippen LogP contribution in [0.3, 0.4) is 0 Å². The van der Waals surface area contributed by atoms with Crippen molar-refractivity contribution in [2.75, 3.05) is 0 Å². The molecular formula is C24H13ClF4O3. The van der Waals surface area contributed by atoms with Gasteiger partial charge in [0, 0.05) is 10.6 Å². The van der Waals surface area contributed by atoms with Crippen LogP contribution in [0.4, 0.5) is 17.6 Å². The first-order valence-electron chi connectivity index (χ1n) is 9.24. The van der Waals surface area contributed by atoms with Gasteiger partial charge in [0.2, 0.25) is 0 Å². The summed E-state index contributed by atoms with van der Waals surface area (Å²) in [6.07, 6.45) is -3.62. The van der Waals surface area contributed by atoms with E-state index in [1.807, 2.05) is 6.07 Å². The van der Waals surface area contributed by atoms with Crippen LogP contribution in [0.5, 0.6) is 0 Å². The molecule has 0 spiro atoms. The molecule has 3 aromatic rings. The van der Waals surface area contributed by atoms with E-state index < -0.39 is 40.6 Å². The van der Waals surface area contributed by atoms with Crippen molar-refractivity contribution in [2.24, 2.45) is 0 Å². The summed E-state index contributed by atoms with van der Waals surface area (Å²) in [4.78, 5) is 12.3. The minimum Gasteiger partial charge on any atom is -0.504 e. The van der Waals surface area contributed by atoms with Gasteiger partial charge in [-0.15, -0.1) is 0 Å². The van der Waals surface area contributed by atoms with Gasteiger partial charge in [-0.2, -0.15) is 13.2 Å². The van der Waals surface area contributed by atoms with Crippen molar-refractivity contribution in [3.8, 4) is 11.1 Å². The van der Waals surface area contributed by atoms with E-state index in [4.69, 9.17) is 16.3 Å². The first-order valence-corrected chi connectivity index (χ1v) is 9.62. The number of hydrogen-bond acceptors (Lipinski definition) is 3. The van der Waals surface area contributed by atoms with Crippen molar-refractivity contribution in [3.63, 3.8) is 0 Å². The average Bonchev–Trinajstić information content (AvgIpc) is 3.02. The molecule has 1 aliphatic heterocycles. The Labute approximate surface area is 184 Å². The van der Waals surface area contributed by atoms with Crippen LogP contribution < -0.4 is 0 Å². The largest absolute Gasteiger partial charge is 0.504 e. The molecule has 1 aliphatic rings. The maximum Gasteiger partial charge on any atom is 0.416 e. The highest BCUT2D eigenvalue weighted by Gasteiger charge is 2.34. The van der Waals surface area contributed by atoms with E-state index in [1.54, 1.807) is 30.3 Å². The Hall–Kier alpha value is -3.58. The van der Waals surface area contributed by atoms with Crippen LogP contribution in [0.1, 0.15) is 16.7 Å². The number of esters is 1. The lowest BCUT2D eigenvalue weighted by Gasteiger charge is -2.08. The van der Waals surface area contributed by atoms with Gasteiger partial charge in [-0.1, -0.05) is 54.1 Å². The van der Waals surface area contributed by atoms with E-state index >= 15 is 0 Å². The van der Waals surface area contributed by atoms with Crippen LogP contribution in [0, 0.1) is 5.82 Å². The molecular weight excluding hydrogens is 448 g/mol. The standard InChI is InChI=1S/C24H13ClF4O3/c25-18-9-7-16(24(27,28)29)10-15(18)12-20-22(30)21(23(31)32-20)17-8-6-14(11-19(17)26)13-4-2-1-3-5-13/h1-12,30H. The molecule has 3 aromatic carbocycles. The van der Waals surface area contributed by atoms with Crippen LogP contribution in [0.25, 0.3) is 22.8 Å². The summed E-state index contributed by atoms with van der Waals surface area (Å²) in [6, 6.07) is 15.7. The Morgan fingerprint density at radius 2 is 1.66 bits per heavy atom. The molecule has 0 saturated heterocycles. The molecule has 0 aliphatic carbocycles. The summed E-state index contributed by atoms with van der Waals surface area (Å²) in [5.41, 5.74) is -0.418. The lowest BCUT2D eigenvalue weighted by atomic mass is 9.99. The third-order valence-electron chi connectivity index (χ3n) is 4.83. The number of halogens is 5. The van der Waals surface area contributed by atoms with E-state index in [0.29, 0.717) is 5.56 Å². The van der Waals surface area contributed by atoms with Crippen molar-refractivity contribution >= 4 is 29.2 Å². The summed E-state index contributed by atoms with van der Waals surface area (Å²) in [5, 5.41) is 10.4. The Balaban J connectivity index is 1.74. The number of ether oxygens (including phenoxy) is 1. The number of aliphatic hydroxyl groups excluding tert-OH is 1. The Morgan fingerprint density at radius 3 is 2.31 bits per heavy atom. The van der Waals surface area contributed by atoms with Gasteiger partial charge in [-0.25, -0.2) is 9.18 Å². The van der Waals surface area contributed by atoms with Crippen LogP contribution in [0.2, 0.25) is 5.02 Å². The second-order valence-corrected chi connectivity index (χ2v) is 7.32. The molecule has 0 atom stereocenters. The highest BCUT2D eigenvalue weighted by atomic mass is 35.5. The quantitative estimate of drug-likeness (QED) is 0.337. The van der Waals surface area contributed by atoms with Gasteiger partial charge < -0.3 is 9.84 Å². The van der Waals surface area contributed by atoms with Crippen LogP contribution in [0.15, 0.2) is 78.2 Å². The molecule has 0 aromatic heterocycles. The molecule has 0 amide bonds. The van der Waals surface area contributed by atoms with Crippen molar-refractivity contribution in [2.45, 2.75) is 6.18 Å². The average molecular weight is 461 g/mol. The van der Waals surface area contributed by atoms with Crippen molar-refractivity contribution in [1.29, 1.82) is 0 Å². The van der Waals surface area contributed by atoms with Crippen LogP contribution in [-0.2, 0) is 15.7 Å². The molecule has 0 radical (unpaired) electrons. The first-order chi connectivity index (χ1) is 15.1. The number of alkyl halides is 3. The summed E-state index contributed by atoms with van der Waals surface area (Å²) in [5.74, 6) is -2.95. The molecule has 0 saturated carbocycles. The molecule has 162 valence electrons. The first kappa shape index (κ1) is 21.6. The van der Waals surface area contributed by atoms with Crippen LogP contribution in [-0.4, -0.2) is 11.1 Å². The van der Waals surface area contributed by atoms with Gasteiger partial charge >= 0.3 is 12.1 Å². The third kappa shape index (κ3) is 4.11. The second kappa shape index (κ2) is 8.16. The highest BCUT2D eigenvalue weighted by molar-refractivity contribution is 6.32. The van der Waals surface area contributed by atoms with Crippen LogP contribution >= 0.6 is 11.6 Å². The third-order valence-corrected chi connectivity index (χ3v) is 5.18. The Bertz CT molecular complexity index is 1280. The number of benzene rings is 3. The van der Waals surface area contributed by atoms with Crippen molar-refractivity contribution < 1.29 is 32.2 Å². The maximum absolute atomic E-state index is 14.8. The zero-order chi connectivity index (χ0) is 23.0. The number of carbonyl (C=O) groups excluding carboxylic acids is 1. The molecule has 0 unspecified atom stereocenters. The molecule has 32 heavy (non-hydrogen) atoms. The molecule has 0 fully saturated rings. The normalized spacial score (nSPS) is 15.4. The van der Waals surface area contributed by atoms with Gasteiger partial charge in [-0.05, 0) is 47.0 Å². The fourth-order valence-electron chi connectivity index (χ4n) is 3.25. The molecule has 1 N–H and O–H groups in total. The SMILES string of the molecule is O=C1OC(=Cc2cc(C(F)(F)F)ccc2Cl)C(O)=C1c1ccc(-c2ccccc2)cc1F. The summed E-state index contributed by atoms with van der Waals surface area (Å²) in [7, 11) is 0. The van der Waals surface area contributed by atoms with Crippen molar-refractivity contribution in [1.82, 2.24) is 0 Å². The number of aliphatic hydroxyl groups is 1. The van der Waals surface area contributed by atoms with E-state index in [1.165, 1.54) is 12.1 Å². The lowest BCUT2D eigenvalue weighted by Crippen LogP contribution is -2.05. The van der Waals surface area contributed by atoms with Gasteiger partial charge in [0.25, 0.3) is 0 Å². The van der Waals surface area contributed by atoms with Gasteiger partial charge in [-0.3, -0.25) is 0 Å². The maximum atomic E-state index is 14.8. The summed E-state index contributed by atoms with van der Waals surface area (Å²) in [6.45, 7) is 0. The van der Waals surface area contributed by atoms with E-state index in [9.17, 15) is 27.5 Å². The fourth-order valence-corrected chi connectivity index (χ4v) is 3.43. The summed E-state index contributed by atoms with van der Waals surface area (Å²) < 4.78 is 58.8. The Morgan fingerprint density at radius 1 is 0.938 bits per heavy atom. The smallest absolute Gasteiger partial charge is 0.416 e. The molecule has 4 rings (SSSR count). The topological polar surface area (TPSA) is 46.5 Å². The number of cyclic esters (lactones) is 1. The predicted molar refractivity (Wildman–Crippen MR) is 112 cm³/mol. The molecule has 0 bridgehead atoms. The second-order valence-electron chi connectivity index (χ2n) is 6.92. The van der Waals surface area contributed by atoms with Crippen molar-refractivity contribution in [3.05, 3.63) is 106 Å². The van der Waals surface area contributed by atoms with E-state index in [2.05, 4.69) is 0 Å². The van der Waals surface area contributed by atoms with Gasteiger partial charge in [0.15, 0.2) is 11.5 Å². The predicted octanol–water partition coefficient (Wildman–Crippen LogP) is 7.03. The minimum absolute atomic E-state index is 0.0545. The lowest BCUT2D eigenvalue weighted by molar-refractivity contribution is -0.137. The summed E-state index contributed by atoms with van der Waals surface area (Å²) >= 11 is 5.95. The monoisotopic (exact) mass is 460 g/mol. The molecule has 3 nitrogen and oxygen atoms in total. The molecule has 8 heteroatoms. The highest BCUT2D eigenvalue weighted by Crippen LogP contribution is 2.37.